The third-order valence-electron chi connectivity index (χ3n) is 2.87. The van der Waals surface area contributed by atoms with Crippen molar-refractivity contribution in [1.29, 1.82) is 0 Å². The maximum Gasteiger partial charge on any atom is 0.0885 e. The second-order valence-electron chi connectivity index (χ2n) is 4.11. The summed E-state index contributed by atoms with van der Waals surface area (Å²) in [6, 6.07) is 6.11. The molecule has 4 heteroatoms. The lowest BCUT2D eigenvalue weighted by Crippen LogP contribution is -2.02. The van der Waals surface area contributed by atoms with Gasteiger partial charge >= 0.3 is 0 Å². The predicted molar refractivity (Wildman–Crippen MR) is 69.5 cm³/mol. The SMILES string of the molecule is CCCn1nncc1-c1ccc(N)c(CC)c1. The van der Waals surface area contributed by atoms with Crippen molar-refractivity contribution < 1.29 is 0 Å². The summed E-state index contributed by atoms with van der Waals surface area (Å²) in [5, 5.41) is 8.07. The van der Waals surface area contributed by atoms with Crippen molar-refractivity contribution in [2.45, 2.75) is 33.2 Å². The van der Waals surface area contributed by atoms with Crippen LogP contribution in [0.1, 0.15) is 25.8 Å². The molecule has 2 aromatic rings. The van der Waals surface area contributed by atoms with E-state index in [-0.39, 0.29) is 0 Å². The highest BCUT2D eigenvalue weighted by molar-refractivity contribution is 5.64. The second kappa shape index (κ2) is 4.99. The van der Waals surface area contributed by atoms with Gasteiger partial charge in [-0.3, -0.25) is 0 Å². The van der Waals surface area contributed by atoms with E-state index in [1.54, 1.807) is 6.20 Å². The number of aryl methyl sites for hydroxylation is 2. The molecule has 0 bridgehead atoms. The highest BCUT2D eigenvalue weighted by atomic mass is 15.4. The predicted octanol–water partition coefficient (Wildman–Crippen LogP) is 2.50. The molecule has 4 nitrogen and oxygen atoms in total. The van der Waals surface area contributed by atoms with Crippen LogP contribution in [0.3, 0.4) is 0 Å². The molecule has 0 saturated heterocycles. The van der Waals surface area contributed by atoms with Crippen LogP contribution in [0.25, 0.3) is 11.3 Å². The number of nitrogens with two attached hydrogens (primary N) is 1. The van der Waals surface area contributed by atoms with Crippen molar-refractivity contribution in [2.24, 2.45) is 0 Å². The Morgan fingerprint density at radius 3 is 2.82 bits per heavy atom. The second-order valence-corrected chi connectivity index (χ2v) is 4.11. The molecule has 0 aliphatic carbocycles. The van der Waals surface area contributed by atoms with Crippen molar-refractivity contribution in [3.63, 3.8) is 0 Å². The monoisotopic (exact) mass is 230 g/mol. The summed E-state index contributed by atoms with van der Waals surface area (Å²) < 4.78 is 1.94. The van der Waals surface area contributed by atoms with Gasteiger partial charge in [-0.05, 0) is 30.5 Å². The minimum atomic E-state index is 0.853. The molecule has 0 saturated carbocycles. The summed E-state index contributed by atoms with van der Waals surface area (Å²) in [6.07, 6.45) is 3.79. The molecule has 1 aromatic carbocycles. The third-order valence-corrected chi connectivity index (χ3v) is 2.87. The van der Waals surface area contributed by atoms with Gasteiger partial charge in [0, 0.05) is 17.8 Å². The molecular formula is C13H18N4. The fourth-order valence-corrected chi connectivity index (χ4v) is 1.93. The van der Waals surface area contributed by atoms with E-state index < -0.39 is 0 Å². The van der Waals surface area contributed by atoms with Gasteiger partial charge in [0.25, 0.3) is 0 Å². The van der Waals surface area contributed by atoms with Gasteiger partial charge in [-0.2, -0.15) is 0 Å². The Labute approximate surface area is 101 Å². The molecule has 0 aliphatic heterocycles. The first-order valence-electron chi connectivity index (χ1n) is 6.03. The largest absolute Gasteiger partial charge is 0.399 e. The van der Waals surface area contributed by atoms with Gasteiger partial charge in [0.05, 0.1) is 11.9 Å². The zero-order chi connectivity index (χ0) is 12.3. The highest BCUT2D eigenvalue weighted by Gasteiger charge is 2.07. The average molecular weight is 230 g/mol. The van der Waals surface area contributed by atoms with Gasteiger partial charge in [-0.25, -0.2) is 4.68 Å². The van der Waals surface area contributed by atoms with Crippen LogP contribution in [0.2, 0.25) is 0 Å². The number of rotatable bonds is 4. The molecule has 1 heterocycles. The van der Waals surface area contributed by atoms with Gasteiger partial charge in [-0.1, -0.05) is 25.1 Å². The molecule has 17 heavy (non-hydrogen) atoms. The van der Waals surface area contributed by atoms with Crippen LogP contribution < -0.4 is 5.73 Å². The van der Waals surface area contributed by atoms with Gasteiger partial charge in [0.15, 0.2) is 0 Å². The van der Waals surface area contributed by atoms with Gasteiger partial charge in [-0.15, -0.1) is 5.10 Å². The minimum absolute atomic E-state index is 0.853. The molecule has 0 radical (unpaired) electrons. The number of hydrogen-bond donors (Lipinski definition) is 1. The molecule has 0 atom stereocenters. The van der Waals surface area contributed by atoms with Crippen LogP contribution in [0.15, 0.2) is 24.4 Å². The molecule has 0 aliphatic rings. The van der Waals surface area contributed by atoms with E-state index in [1.165, 1.54) is 5.56 Å². The summed E-state index contributed by atoms with van der Waals surface area (Å²) in [4.78, 5) is 0. The third kappa shape index (κ3) is 2.30. The average Bonchev–Trinajstić information content (AvgIpc) is 2.78. The van der Waals surface area contributed by atoms with E-state index in [0.717, 1.165) is 36.3 Å². The maximum atomic E-state index is 5.91. The molecular weight excluding hydrogens is 212 g/mol. The number of aromatic nitrogens is 3. The molecule has 2 rings (SSSR count). The Morgan fingerprint density at radius 2 is 2.12 bits per heavy atom. The highest BCUT2D eigenvalue weighted by Crippen LogP contribution is 2.23. The first-order valence-corrected chi connectivity index (χ1v) is 6.03. The first-order chi connectivity index (χ1) is 8.26. The number of nitrogen functional groups attached to an aromatic ring is 1. The normalized spacial score (nSPS) is 10.7. The van der Waals surface area contributed by atoms with Gasteiger partial charge in [0.1, 0.15) is 0 Å². The summed E-state index contributed by atoms with van der Waals surface area (Å²) >= 11 is 0. The van der Waals surface area contributed by atoms with E-state index in [0.29, 0.717) is 0 Å². The molecule has 2 N–H and O–H groups in total. The van der Waals surface area contributed by atoms with Crippen molar-refractivity contribution in [1.82, 2.24) is 15.0 Å². The Morgan fingerprint density at radius 1 is 1.29 bits per heavy atom. The van der Waals surface area contributed by atoms with Gasteiger partial charge < -0.3 is 5.73 Å². The lowest BCUT2D eigenvalue weighted by molar-refractivity contribution is 0.584. The van der Waals surface area contributed by atoms with Crippen molar-refractivity contribution in [3.05, 3.63) is 30.0 Å². The van der Waals surface area contributed by atoms with Crippen LogP contribution in [-0.4, -0.2) is 15.0 Å². The molecule has 90 valence electrons. The summed E-state index contributed by atoms with van der Waals surface area (Å²) in [6.45, 7) is 5.13. The van der Waals surface area contributed by atoms with Crippen molar-refractivity contribution >= 4 is 5.69 Å². The Bertz CT molecular complexity index is 502. The van der Waals surface area contributed by atoms with E-state index in [1.807, 2.05) is 16.8 Å². The van der Waals surface area contributed by atoms with Crippen LogP contribution in [-0.2, 0) is 13.0 Å². The number of benzene rings is 1. The van der Waals surface area contributed by atoms with Crippen molar-refractivity contribution in [2.75, 3.05) is 5.73 Å². The quantitative estimate of drug-likeness (QED) is 0.821. The number of hydrogen-bond acceptors (Lipinski definition) is 3. The Kier molecular flexibility index (Phi) is 3.42. The Balaban J connectivity index is 2.42. The smallest absolute Gasteiger partial charge is 0.0885 e. The molecule has 0 unspecified atom stereocenters. The first kappa shape index (κ1) is 11.6. The Hall–Kier alpha value is -1.84. The molecule has 0 spiro atoms. The van der Waals surface area contributed by atoms with Crippen LogP contribution in [0, 0.1) is 0 Å². The maximum absolute atomic E-state index is 5.91. The van der Waals surface area contributed by atoms with E-state index in [4.69, 9.17) is 5.73 Å². The molecule has 0 fully saturated rings. The van der Waals surface area contributed by atoms with E-state index in [9.17, 15) is 0 Å². The van der Waals surface area contributed by atoms with Gasteiger partial charge in [0.2, 0.25) is 0 Å². The number of nitrogens with zero attached hydrogens (tertiary/aromatic N) is 3. The lowest BCUT2D eigenvalue weighted by Gasteiger charge is -2.08. The molecule has 1 aromatic heterocycles. The van der Waals surface area contributed by atoms with Crippen molar-refractivity contribution in [3.8, 4) is 11.3 Å². The zero-order valence-corrected chi connectivity index (χ0v) is 10.3. The van der Waals surface area contributed by atoms with E-state index in [2.05, 4.69) is 30.2 Å². The van der Waals surface area contributed by atoms with Crippen LogP contribution in [0.5, 0.6) is 0 Å². The molecule has 0 amide bonds. The lowest BCUT2D eigenvalue weighted by atomic mass is 10.0. The summed E-state index contributed by atoms with van der Waals surface area (Å²) in [7, 11) is 0. The summed E-state index contributed by atoms with van der Waals surface area (Å²) in [5.74, 6) is 0. The van der Waals surface area contributed by atoms with Crippen LogP contribution >= 0.6 is 0 Å². The fourth-order valence-electron chi connectivity index (χ4n) is 1.93. The standard InChI is InChI=1S/C13H18N4/c1-3-7-17-13(9-15-16-17)11-5-6-12(14)10(4-2)8-11/h5-6,8-9H,3-4,7,14H2,1-2H3. The minimum Gasteiger partial charge on any atom is -0.399 e. The zero-order valence-electron chi connectivity index (χ0n) is 10.3. The summed E-state index contributed by atoms with van der Waals surface area (Å²) in [5.41, 5.74) is 10.1. The topological polar surface area (TPSA) is 56.7 Å². The number of anilines is 1. The van der Waals surface area contributed by atoms with Crippen LogP contribution in [0.4, 0.5) is 5.69 Å². The fraction of sp³-hybridized carbons (Fsp3) is 0.385. The van der Waals surface area contributed by atoms with E-state index >= 15 is 0 Å².